The van der Waals surface area contributed by atoms with E-state index in [1.807, 2.05) is 0 Å². The first-order valence-electron chi connectivity index (χ1n) is 4.44. The van der Waals surface area contributed by atoms with Gasteiger partial charge in [0.05, 0.1) is 0 Å². The van der Waals surface area contributed by atoms with Gasteiger partial charge in [-0.1, -0.05) is 23.5 Å². The van der Waals surface area contributed by atoms with Gasteiger partial charge >= 0.3 is 0 Å². The molecule has 0 spiro atoms. The van der Waals surface area contributed by atoms with Crippen LogP contribution >= 0.6 is 45.5 Å². The van der Waals surface area contributed by atoms with Gasteiger partial charge in [0.15, 0.2) is 0 Å². The van der Waals surface area contributed by atoms with Gasteiger partial charge in [0.2, 0.25) is 0 Å². The normalized spacial score (nSPS) is 10.5. The minimum atomic E-state index is 0.599. The third kappa shape index (κ3) is 2.89. The van der Waals surface area contributed by atoms with E-state index in [4.69, 9.17) is 11.6 Å². The summed E-state index contributed by atoms with van der Waals surface area (Å²) in [5.74, 6) is 0.599. The minimum absolute atomic E-state index is 0.599. The van der Waals surface area contributed by atoms with Crippen molar-refractivity contribution >= 4 is 45.5 Å². The van der Waals surface area contributed by atoms with E-state index in [0.29, 0.717) is 5.88 Å². The summed E-state index contributed by atoms with van der Waals surface area (Å²) >= 11 is 9.54. The number of nitrogens with zero attached hydrogens (tertiary/aromatic N) is 2. The SMILES string of the molecule is ClCCc1nnc(-c2ccc(I)cc2)s1. The lowest BCUT2D eigenvalue weighted by Gasteiger charge is -1.94. The highest BCUT2D eigenvalue weighted by molar-refractivity contribution is 14.1. The molecule has 2 rings (SSSR count). The molecular weight excluding hydrogens is 343 g/mol. The molecule has 2 nitrogen and oxygen atoms in total. The molecule has 0 aliphatic carbocycles. The number of halogens is 2. The van der Waals surface area contributed by atoms with Crippen LogP contribution in [0.2, 0.25) is 0 Å². The van der Waals surface area contributed by atoms with Crippen LogP contribution in [0.25, 0.3) is 10.6 Å². The van der Waals surface area contributed by atoms with Crippen LogP contribution in [0, 0.1) is 3.57 Å². The van der Waals surface area contributed by atoms with Gasteiger partial charge in [-0.2, -0.15) is 0 Å². The van der Waals surface area contributed by atoms with E-state index in [-0.39, 0.29) is 0 Å². The zero-order valence-electron chi connectivity index (χ0n) is 7.78. The van der Waals surface area contributed by atoms with E-state index in [0.717, 1.165) is 22.0 Å². The minimum Gasteiger partial charge on any atom is -0.143 e. The summed E-state index contributed by atoms with van der Waals surface area (Å²) in [7, 11) is 0. The summed E-state index contributed by atoms with van der Waals surface area (Å²) in [4.78, 5) is 0. The van der Waals surface area contributed by atoms with Gasteiger partial charge in [0, 0.05) is 21.4 Å². The fourth-order valence-electron chi connectivity index (χ4n) is 1.14. The summed E-state index contributed by atoms with van der Waals surface area (Å²) in [6, 6.07) is 8.26. The van der Waals surface area contributed by atoms with Gasteiger partial charge in [-0.15, -0.1) is 21.8 Å². The summed E-state index contributed by atoms with van der Waals surface area (Å²) in [5.41, 5.74) is 1.12. The topological polar surface area (TPSA) is 25.8 Å². The molecule has 1 heterocycles. The molecule has 0 saturated heterocycles. The summed E-state index contributed by atoms with van der Waals surface area (Å²) < 4.78 is 1.22. The lowest BCUT2D eigenvalue weighted by molar-refractivity contribution is 0.990. The maximum Gasteiger partial charge on any atom is 0.147 e. The fraction of sp³-hybridized carbons (Fsp3) is 0.200. The average Bonchev–Trinajstić information content (AvgIpc) is 2.68. The highest BCUT2D eigenvalue weighted by Gasteiger charge is 2.05. The first-order valence-corrected chi connectivity index (χ1v) is 6.87. The molecule has 1 aromatic carbocycles. The lowest BCUT2D eigenvalue weighted by atomic mass is 10.2. The van der Waals surface area contributed by atoms with E-state index in [2.05, 4.69) is 57.1 Å². The van der Waals surface area contributed by atoms with Crippen LogP contribution in [0.3, 0.4) is 0 Å². The molecule has 15 heavy (non-hydrogen) atoms. The van der Waals surface area contributed by atoms with E-state index in [1.54, 1.807) is 11.3 Å². The molecule has 0 saturated carbocycles. The summed E-state index contributed by atoms with van der Waals surface area (Å²) in [6.07, 6.45) is 0.795. The molecule has 0 atom stereocenters. The average molecular weight is 351 g/mol. The lowest BCUT2D eigenvalue weighted by Crippen LogP contribution is -1.83. The Labute approximate surface area is 111 Å². The molecular formula is C10H8ClIN2S. The first kappa shape index (κ1) is 11.3. The Hall–Kier alpha value is -0.200. The second-order valence-electron chi connectivity index (χ2n) is 2.95. The molecule has 0 aliphatic rings. The molecule has 0 radical (unpaired) electrons. The number of aryl methyl sites for hydroxylation is 1. The number of hydrogen-bond donors (Lipinski definition) is 0. The van der Waals surface area contributed by atoms with E-state index >= 15 is 0 Å². The number of hydrogen-bond acceptors (Lipinski definition) is 3. The largest absolute Gasteiger partial charge is 0.147 e. The van der Waals surface area contributed by atoms with Crippen molar-refractivity contribution in [2.24, 2.45) is 0 Å². The van der Waals surface area contributed by atoms with Crippen molar-refractivity contribution in [3.63, 3.8) is 0 Å². The molecule has 0 fully saturated rings. The zero-order chi connectivity index (χ0) is 10.7. The van der Waals surface area contributed by atoms with Crippen molar-refractivity contribution in [1.29, 1.82) is 0 Å². The molecule has 78 valence electrons. The van der Waals surface area contributed by atoms with Gasteiger partial charge in [-0.05, 0) is 34.7 Å². The van der Waals surface area contributed by atoms with Gasteiger partial charge in [0.1, 0.15) is 10.0 Å². The highest BCUT2D eigenvalue weighted by Crippen LogP contribution is 2.24. The van der Waals surface area contributed by atoms with Crippen LogP contribution in [0.15, 0.2) is 24.3 Å². The summed E-state index contributed by atoms with van der Waals surface area (Å²) in [6.45, 7) is 0. The monoisotopic (exact) mass is 350 g/mol. The van der Waals surface area contributed by atoms with Crippen molar-refractivity contribution in [1.82, 2.24) is 10.2 Å². The highest BCUT2D eigenvalue weighted by atomic mass is 127. The van der Waals surface area contributed by atoms with Gasteiger partial charge in [-0.25, -0.2) is 0 Å². The third-order valence-corrected chi connectivity index (χ3v) is 3.81. The van der Waals surface area contributed by atoms with Gasteiger partial charge in [-0.3, -0.25) is 0 Å². The number of alkyl halides is 1. The second-order valence-corrected chi connectivity index (χ2v) is 5.63. The quantitative estimate of drug-likeness (QED) is 0.624. The second kappa shape index (κ2) is 5.23. The van der Waals surface area contributed by atoms with Crippen molar-refractivity contribution in [2.45, 2.75) is 6.42 Å². The van der Waals surface area contributed by atoms with Crippen molar-refractivity contribution in [3.8, 4) is 10.6 Å². The summed E-state index contributed by atoms with van der Waals surface area (Å²) in [5, 5.41) is 10.2. The van der Waals surface area contributed by atoms with Gasteiger partial charge < -0.3 is 0 Å². The van der Waals surface area contributed by atoms with Crippen molar-refractivity contribution in [3.05, 3.63) is 32.8 Å². The molecule has 5 heteroatoms. The number of benzene rings is 1. The van der Waals surface area contributed by atoms with E-state index in [9.17, 15) is 0 Å². The fourth-order valence-corrected chi connectivity index (χ4v) is 2.64. The molecule has 0 unspecified atom stereocenters. The molecule has 0 bridgehead atoms. The van der Waals surface area contributed by atoms with E-state index in [1.165, 1.54) is 3.57 Å². The molecule has 1 aromatic heterocycles. The number of aromatic nitrogens is 2. The van der Waals surface area contributed by atoms with E-state index < -0.39 is 0 Å². The van der Waals surface area contributed by atoms with Crippen LogP contribution in [0.5, 0.6) is 0 Å². The van der Waals surface area contributed by atoms with Crippen LogP contribution in [-0.4, -0.2) is 16.1 Å². The Bertz CT molecular complexity index is 441. The van der Waals surface area contributed by atoms with Crippen LogP contribution in [0.4, 0.5) is 0 Å². The number of rotatable bonds is 3. The third-order valence-electron chi connectivity index (χ3n) is 1.87. The molecule has 0 amide bonds. The smallest absolute Gasteiger partial charge is 0.143 e. The Morgan fingerprint density at radius 1 is 1.20 bits per heavy atom. The predicted octanol–water partition coefficient (Wildman–Crippen LogP) is 3.59. The molecule has 0 aliphatic heterocycles. The maximum absolute atomic E-state index is 5.65. The Morgan fingerprint density at radius 3 is 2.60 bits per heavy atom. The van der Waals surface area contributed by atoms with Crippen LogP contribution in [-0.2, 0) is 6.42 Å². The molecule has 2 aromatic rings. The molecule has 0 N–H and O–H groups in total. The Balaban J connectivity index is 2.25. The zero-order valence-corrected chi connectivity index (χ0v) is 11.5. The Kier molecular flexibility index (Phi) is 3.93. The standard InChI is InChI=1S/C10H8ClIN2S/c11-6-5-9-13-14-10(15-9)7-1-3-8(12)4-2-7/h1-4H,5-6H2. The van der Waals surface area contributed by atoms with Crippen molar-refractivity contribution < 1.29 is 0 Å². The predicted molar refractivity (Wildman–Crippen MR) is 72.5 cm³/mol. The Morgan fingerprint density at radius 2 is 1.93 bits per heavy atom. The first-order chi connectivity index (χ1) is 7.29. The van der Waals surface area contributed by atoms with Crippen molar-refractivity contribution in [2.75, 3.05) is 5.88 Å². The maximum atomic E-state index is 5.65. The van der Waals surface area contributed by atoms with Crippen LogP contribution in [0.1, 0.15) is 5.01 Å². The van der Waals surface area contributed by atoms with Crippen LogP contribution < -0.4 is 0 Å². The van der Waals surface area contributed by atoms with Gasteiger partial charge in [0.25, 0.3) is 0 Å².